The van der Waals surface area contributed by atoms with Crippen molar-refractivity contribution in [1.82, 2.24) is 119 Å². The van der Waals surface area contributed by atoms with Gasteiger partial charge < -0.3 is 78.6 Å². The molecule has 6 heterocycles. The third-order valence-electron chi connectivity index (χ3n) is 27.2. The molecule has 0 spiro atoms. The molecule has 2 aromatic heterocycles. The Hall–Kier alpha value is -12.0. The molecule has 12 amide bonds. The second-order valence-corrected chi connectivity index (χ2v) is 39.9. The van der Waals surface area contributed by atoms with E-state index in [1.807, 2.05) is 137 Å². The van der Waals surface area contributed by atoms with Crippen LogP contribution in [0, 0.1) is 22.2 Å². The van der Waals surface area contributed by atoms with Crippen LogP contribution in [0.3, 0.4) is 0 Å². The summed E-state index contributed by atoms with van der Waals surface area (Å²) < 4.78 is 3.26. The highest BCUT2D eigenvalue weighted by Crippen LogP contribution is 2.39. The van der Waals surface area contributed by atoms with Crippen molar-refractivity contribution < 1.29 is 57.5 Å². The first-order valence-electron chi connectivity index (χ1n) is 47.0. The lowest BCUT2D eigenvalue weighted by Gasteiger charge is -2.36. The summed E-state index contributed by atoms with van der Waals surface area (Å²) in [5, 5.41) is 53.4. The number of aromatic nitrogens is 6. The molecule has 132 heavy (non-hydrogen) atoms. The highest BCUT2D eigenvalue weighted by molar-refractivity contribution is 6.05. The number of carbonyl (C=O) groups excluding carboxylic acids is 12. The maximum atomic E-state index is 15.0. The van der Waals surface area contributed by atoms with Crippen molar-refractivity contribution in [3.05, 3.63) is 177 Å². The molecule has 3 saturated heterocycles. The number of likely N-dealkylation sites (tertiary alicyclic amines) is 3. The predicted molar refractivity (Wildman–Crippen MR) is 495 cm³/mol. The molecule has 4 aliphatic heterocycles. The second kappa shape index (κ2) is 42.3. The minimum atomic E-state index is -0.998. The fourth-order valence-corrected chi connectivity index (χ4v) is 18.9. The van der Waals surface area contributed by atoms with Crippen LogP contribution in [-0.4, -0.2) is 228 Å². The van der Waals surface area contributed by atoms with Gasteiger partial charge in [-0.1, -0.05) is 159 Å². The van der Waals surface area contributed by atoms with Crippen LogP contribution in [0.2, 0.25) is 0 Å². The molecular weight excluding hydrogens is 1680 g/mol. The van der Waals surface area contributed by atoms with Gasteiger partial charge in [0.15, 0.2) is 0 Å². The molecule has 0 radical (unpaired) electrons. The Balaban J connectivity index is 0.709. The van der Waals surface area contributed by atoms with Crippen LogP contribution in [0.15, 0.2) is 115 Å². The van der Waals surface area contributed by atoms with Crippen molar-refractivity contribution in [2.75, 3.05) is 53.4 Å². The van der Waals surface area contributed by atoms with Crippen LogP contribution in [0.1, 0.15) is 267 Å². The lowest BCUT2D eigenvalue weighted by atomic mass is 9.85. The zero-order valence-electron chi connectivity index (χ0n) is 79.0. The lowest BCUT2D eigenvalue weighted by Crippen LogP contribution is -2.59. The Morgan fingerprint density at radius 2 is 0.780 bits per heavy atom. The Morgan fingerprint density at radius 3 is 1.13 bits per heavy atom. The van der Waals surface area contributed by atoms with Crippen LogP contribution in [0.4, 0.5) is 0 Å². The molecule has 3 fully saturated rings. The van der Waals surface area contributed by atoms with Gasteiger partial charge in [-0.15, -0.1) is 15.7 Å². The highest BCUT2D eigenvalue weighted by Gasteiger charge is 2.51. The molecule has 3 aliphatic carbocycles. The molecule has 35 heteroatoms. The maximum absolute atomic E-state index is 15.0. The van der Waals surface area contributed by atoms with E-state index in [9.17, 15) is 43.2 Å². The Kier molecular flexibility index (Phi) is 31.2. The van der Waals surface area contributed by atoms with Gasteiger partial charge in [0, 0.05) is 125 Å². The highest BCUT2D eigenvalue weighted by atomic mass is 16.2. The summed E-state index contributed by atoms with van der Waals surface area (Å²) in [7, 11) is 3.32. The molecule has 710 valence electrons. The van der Waals surface area contributed by atoms with Crippen molar-refractivity contribution >= 4 is 70.9 Å². The molecule has 0 bridgehead atoms. The van der Waals surface area contributed by atoms with Gasteiger partial charge in [-0.2, -0.15) is 0 Å². The fourth-order valence-electron chi connectivity index (χ4n) is 18.9. The van der Waals surface area contributed by atoms with E-state index in [-0.39, 0.29) is 160 Å². The Bertz CT molecular complexity index is 5040. The number of benzene rings is 4. The molecule has 13 rings (SSSR count). The first-order valence-corrected chi connectivity index (χ1v) is 47.0. The number of hydrogen-bond donors (Lipinski definition) is 13. The minimum absolute atomic E-state index is 0.0107. The molecule has 1 unspecified atom stereocenters. The fraction of sp³-hybridized carbons (Fsp3) is 0.567. The van der Waals surface area contributed by atoms with E-state index in [1.54, 1.807) is 69.4 Å². The summed E-state index contributed by atoms with van der Waals surface area (Å²) in [6.07, 6.45) is 14.5. The average Bonchev–Trinajstić information content (AvgIpc) is 1.64. The molecule has 35 nitrogen and oxygen atoms in total. The number of likely N-dealkylation sites (N-methyl/N-ethyl adjacent to an activating group) is 2. The maximum Gasteiger partial charge on any atom is 0.251 e. The van der Waals surface area contributed by atoms with Crippen molar-refractivity contribution in [1.29, 1.82) is 0 Å². The lowest BCUT2D eigenvalue weighted by molar-refractivity contribution is -0.144. The van der Waals surface area contributed by atoms with Crippen LogP contribution in [0.25, 0.3) is 0 Å². The second-order valence-electron chi connectivity index (χ2n) is 39.9. The summed E-state index contributed by atoms with van der Waals surface area (Å²) in [5.74, 6) is -5.35. The number of carbonyl (C=O) groups is 12. The first kappa shape index (κ1) is 97.5. The third kappa shape index (κ3) is 23.2. The molecule has 4 aromatic carbocycles. The Labute approximate surface area is 773 Å². The number of amides is 12. The largest absolute Gasteiger partial charge is 0.352 e. The number of hydrogen-bond acceptors (Lipinski definition) is 21. The van der Waals surface area contributed by atoms with E-state index in [1.165, 1.54) is 23.8 Å². The zero-order valence-corrected chi connectivity index (χ0v) is 79.0. The average molecular weight is 1820 g/mol. The zero-order chi connectivity index (χ0) is 94.8. The molecule has 6 aromatic rings. The van der Waals surface area contributed by atoms with Crippen molar-refractivity contribution in [2.45, 2.75) is 277 Å². The smallest absolute Gasteiger partial charge is 0.251 e. The van der Waals surface area contributed by atoms with E-state index in [0.717, 1.165) is 85.6 Å². The Morgan fingerprint density at radius 1 is 0.447 bits per heavy atom. The van der Waals surface area contributed by atoms with E-state index in [0.29, 0.717) is 23.5 Å². The van der Waals surface area contributed by atoms with Gasteiger partial charge in [0.25, 0.3) is 17.7 Å². The number of fused-ring (bicyclic) bond motifs is 3. The van der Waals surface area contributed by atoms with Gasteiger partial charge in [-0.25, -0.2) is 9.36 Å². The van der Waals surface area contributed by atoms with E-state index in [4.69, 9.17) is 0 Å². The van der Waals surface area contributed by atoms with Gasteiger partial charge >= 0.3 is 0 Å². The number of nitrogens with zero attached hydrogens (tertiary/aromatic N) is 10. The van der Waals surface area contributed by atoms with Crippen LogP contribution < -0.4 is 69.4 Å². The molecule has 0 saturated carbocycles. The van der Waals surface area contributed by atoms with Crippen molar-refractivity contribution in [2.24, 2.45) is 22.2 Å². The topological polar surface area (TPSA) is 436 Å². The van der Waals surface area contributed by atoms with Crippen LogP contribution >= 0.6 is 0 Å². The summed E-state index contributed by atoms with van der Waals surface area (Å²) in [6, 6.07) is 19.2. The predicted octanol–water partition coefficient (Wildman–Crippen LogP) is 5.79. The molecular formula is C97H135N23O12. The third-order valence-corrected chi connectivity index (χ3v) is 27.2. The number of hydrazine groups is 2. The standard InChI is InChI=1S/C97H135N23O12/c1-16-56(2)83(121)106-80(95(5,6)7)92(130)115-53-68(47-77(115)89(127)103-74-35-23-29-59-26-17-20-32-71(59)74)118-50-65(109-112-118)38-41-100-86(124)62-44-63(87(125)101-42-39-66-51-119(113-110-66)69-48-78(90(128)104-75-36-24-30-60-27-18-21-33-72(60)75)116(54-69)93(131)81(96(8,9)10)107-84(122)57(3)98-14)46-64(45-62)88(126)102-43-40-67-52-120(114-111-67)70-49-79(91(129)105-76-37-25-31-61-28-19-22-34-73(61)76)117(55-70)94(132)82(97(11,12)13)108-85(123)58(4)99-15/h17-22,26-28,32-34,44-46,50-52,56-58,68-70,74-82,98-99,110,113H,16,23-25,29-31,35-43,47-49,53-55H2,1-15H3,(H,100,124)(H,101,125)(H,102,126)(H,103,127)(H,104,128)(H,105,129)(H,106,121)(H,107,122)(H,108,123)/t56-,57?,58+,68+,69+,70+,74-,75-,76-,77+,78+,79+,80-,81-,82-/m1/s1. The van der Waals surface area contributed by atoms with Crippen LogP contribution in [0.5, 0.6) is 0 Å². The number of aryl methyl sites for hydroxylation is 3. The molecule has 7 aliphatic rings. The molecule has 13 N–H and O–H groups in total. The summed E-state index contributed by atoms with van der Waals surface area (Å²) in [4.78, 5) is 178. The normalized spacial score (nSPS) is 22.0. The monoisotopic (exact) mass is 1810 g/mol. The number of nitrogens with one attached hydrogen (secondary N) is 13. The first-order chi connectivity index (χ1) is 62.9. The minimum Gasteiger partial charge on any atom is -0.352 e. The van der Waals surface area contributed by atoms with Gasteiger partial charge in [0.05, 0.1) is 59.7 Å². The van der Waals surface area contributed by atoms with E-state index >= 15 is 14.4 Å². The van der Waals surface area contributed by atoms with Crippen LogP contribution in [-0.2, 0) is 75.3 Å². The van der Waals surface area contributed by atoms with Crippen molar-refractivity contribution in [3.8, 4) is 0 Å². The quantitative estimate of drug-likeness (QED) is 0.0232. The van der Waals surface area contributed by atoms with E-state index in [2.05, 4.69) is 108 Å². The van der Waals surface area contributed by atoms with Gasteiger partial charge in [0.2, 0.25) is 53.2 Å². The van der Waals surface area contributed by atoms with Crippen molar-refractivity contribution in [3.63, 3.8) is 0 Å². The summed E-state index contributed by atoms with van der Waals surface area (Å²) >= 11 is 0. The SMILES string of the molecule is CC[C@@H](C)C(=O)N[C@H](C(=O)N1C[C@@H](n2cc(CCNC(=O)c3cc(C(=O)NCCC4=CN([C@H]5C[C@@H](C(=O)N[C@@H]6CCCc7ccccc76)N(C(=O)[C@@H](NC(=O)C(C)NC)C(C)(C)C)C5)NN4)cc(C(=O)NCCc4cn([C@H]5C[C@@H](C(=O)N[C@@H]6CCCc7ccccc76)N(C(=O)[C@@H](NC(=O)[C@H](C)NC)C(C)(C)C)C5)nn4)c3)nn2)C[C@H]1C(=O)N[C@@H]1CCCc2ccccc21)C(C)(C)C. The summed E-state index contributed by atoms with van der Waals surface area (Å²) in [6.45, 7) is 24.4. The molecule has 15 atom stereocenters. The van der Waals surface area contributed by atoms with E-state index < -0.39 is 112 Å². The summed E-state index contributed by atoms with van der Waals surface area (Å²) in [5.41, 5.74) is 12.3. The van der Waals surface area contributed by atoms with Gasteiger partial charge in [0.1, 0.15) is 36.3 Å². The van der Waals surface area contributed by atoms with Gasteiger partial charge in [-0.05, 0) is 160 Å². The number of rotatable bonds is 33. The van der Waals surface area contributed by atoms with Gasteiger partial charge in [-0.3, -0.25) is 62.5 Å².